The summed E-state index contributed by atoms with van der Waals surface area (Å²) in [5, 5.41) is 0. The number of aromatic nitrogens is 4. The fourth-order valence-corrected chi connectivity index (χ4v) is 4.55. The number of carbonyl (C=O) groups is 1. The number of terminal acetylenes is 1. The van der Waals surface area contributed by atoms with Crippen molar-refractivity contribution in [2.45, 2.75) is 44.2 Å². The van der Waals surface area contributed by atoms with Gasteiger partial charge in [0.25, 0.3) is 0 Å². The van der Waals surface area contributed by atoms with Crippen molar-refractivity contribution in [1.29, 1.82) is 0 Å². The topological polar surface area (TPSA) is 124 Å². The fourth-order valence-electron chi connectivity index (χ4n) is 4.55. The second-order valence-corrected chi connectivity index (χ2v) is 9.01. The van der Waals surface area contributed by atoms with E-state index in [1.165, 1.54) is 17.8 Å². The number of halogens is 1. The summed E-state index contributed by atoms with van der Waals surface area (Å²) in [6, 6.07) is 19.0. The number of nitrogens with zero attached hydrogens (tertiary/aromatic N) is 4. The molecule has 39 heavy (non-hydrogen) atoms. The van der Waals surface area contributed by atoms with Gasteiger partial charge in [0.1, 0.15) is 6.10 Å². The second kappa shape index (κ2) is 11.2. The van der Waals surface area contributed by atoms with Gasteiger partial charge in [0.05, 0.1) is 26.1 Å². The Hall–Kier alpha value is -4.37. The van der Waals surface area contributed by atoms with Gasteiger partial charge in [-0.3, -0.25) is 9.36 Å². The summed E-state index contributed by atoms with van der Waals surface area (Å²) in [5.74, 6) is 1.95. The van der Waals surface area contributed by atoms with Crippen molar-refractivity contribution in [1.82, 2.24) is 19.5 Å². The number of benzene rings is 2. The third kappa shape index (κ3) is 5.44. The molecule has 1 aliphatic heterocycles. The number of anilines is 1. The van der Waals surface area contributed by atoms with Gasteiger partial charge in [-0.1, -0.05) is 66.6 Å². The molecule has 2 N–H and O–H groups in total. The number of nitrogens with two attached hydrogens (primary N) is 1. The van der Waals surface area contributed by atoms with Crippen LogP contribution in [0.4, 0.5) is 10.2 Å². The zero-order valence-corrected chi connectivity index (χ0v) is 21.1. The Balaban J connectivity index is 1.53. The SMILES string of the molecule is C#C[C@]1(COCc2ccccc2)OC(n2cnc3c(N)nc(F)nc32)C(OC(C)=O)C1OCc1ccccc1. The molecule has 0 spiro atoms. The monoisotopic (exact) mass is 531 g/mol. The molecule has 1 saturated heterocycles. The van der Waals surface area contributed by atoms with Gasteiger partial charge in [-0.2, -0.15) is 14.4 Å². The third-order valence-electron chi connectivity index (χ3n) is 6.31. The molecule has 0 aliphatic carbocycles. The van der Waals surface area contributed by atoms with E-state index in [0.29, 0.717) is 0 Å². The Kier molecular flexibility index (Phi) is 7.51. The van der Waals surface area contributed by atoms with Crippen molar-refractivity contribution in [3.63, 3.8) is 0 Å². The second-order valence-electron chi connectivity index (χ2n) is 9.01. The molecule has 0 saturated carbocycles. The first-order valence-electron chi connectivity index (χ1n) is 12.2. The molecule has 2 aromatic heterocycles. The molecule has 4 aromatic rings. The molecule has 1 fully saturated rings. The molecule has 200 valence electrons. The largest absolute Gasteiger partial charge is 0.455 e. The number of imidazole rings is 1. The highest BCUT2D eigenvalue weighted by Crippen LogP contribution is 2.42. The van der Waals surface area contributed by atoms with Gasteiger partial charge in [-0.05, 0) is 11.1 Å². The van der Waals surface area contributed by atoms with Crippen LogP contribution in [0.1, 0.15) is 24.3 Å². The highest BCUT2D eigenvalue weighted by atomic mass is 19.1. The van der Waals surface area contributed by atoms with Crippen LogP contribution in [0.2, 0.25) is 0 Å². The van der Waals surface area contributed by atoms with E-state index in [0.717, 1.165) is 11.1 Å². The maximum absolute atomic E-state index is 14.1. The zero-order valence-electron chi connectivity index (χ0n) is 21.1. The number of hydrogen-bond acceptors (Lipinski definition) is 9. The van der Waals surface area contributed by atoms with Crippen LogP contribution in [-0.4, -0.2) is 49.9 Å². The summed E-state index contributed by atoms with van der Waals surface area (Å²) < 4.78 is 40.0. The minimum atomic E-state index is -1.50. The number of fused-ring (bicyclic) bond motifs is 1. The van der Waals surface area contributed by atoms with Gasteiger partial charge >= 0.3 is 12.0 Å². The van der Waals surface area contributed by atoms with Crippen LogP contribution < -0.4 is 5.73 Å². The molecule has 0 radical (unpaired) electrons. The van der Waals surface area contributed by atoms with Crippen LogP contribution in [0, 0.1) is 18.4 Å². The molecular formula is C28H26FN5O5. The van der Waals surface area contributed by atoms with E-state index in [-0.39, 0.29) is 36.8 Å². The van der Waals surface area contributed by atoms with Crippen LogP contribution >= 0.6 is 0 Å². The molecule has 0 amide bonds. The summed E-state index contributed by atoms with van der Waals surface area (Å²) in [5.41, 5.74) is 6.36. The minimum absolute atomic E-state index is 0.0435. The van der Waals surface area contributed by atoms with Gasteiger partial charge in [0.2, 0.25) is 0 Å². The lowest BCUT2D eigenvalue weighted by molar-refractivity contribution is -0.158. The van der Waals surface area contributed by atoms with Crippen molar-refractivity contribution in [3.8, 4) is 12.3 Å². The maximum atomic E-state index is 14.1. The van der Waals surface area contributed by atoms with Crippen LogP contribution in [0.25, 0.3) is 11.2 Å². The molecule has 4 atom stereocenters. The molecule has 10 nitrogen and oxygen atoms in total. The predicted molar refractivity (Wildman–Crippen MR) is 138 cm³/mol. The fraction of sp³-hybridized carbons (Fsp3) is 0.286. The lowest BCUT2D eigenvalue weighted by Crippen LogP contribution is -2.48. The van der Waals surface area contributed by atoms with Gasteiger partial charge in [0.15, 0.2) is 34.9 Å². The predicted octanol–water partition coefficient (Wildman–Crippen LogP) is 3.18. The molecule has 1 aliphatic rings. The Morgan fingerprint density at radius 3 is 2.44 bits per heavy atom. The molecule has 3 heterocycles. The minimum Gasteiger partial charge on any atom is -0.455 e. The number of ether oxygens (including phenoxy) is 4. The first-order valence-corrected chi connectivity index (χ1v) is 12.2. The normalized spacial score (nSPS) is 22.5. The Bertz CT molecular complexity index is 1490. The molecule has 2 aromatic carbocycles. The molecule has 3 unspecified atom stereocenters. The molecule has 0 bridgehead atoms. The van der Waals surface area contributed by atoms with E-state index in [2.05, 4.69) is 20.9 Å². The van der Waals surface area contributed by atoms with Crippen LogP contribution in [-0.2, 0) is 37.0 Å². The van der Waals surface area contributed by atoms with Gasteiger partial charge < -0.3 is 24.7 Å². The van der Waals surface area contributed by atoms with E-state index in [1.807, 2.05) is 60.7 Å². The number of esters is 1. The highest BCUT2D eigenvalue weighted by Gasteiger charge is 2.58. The van der Waals surface area contributed by atoms with Crippen LogP contribution in [0.5, 0.6) is 0 Å². The Labute approximate surface area is 223 Å². The number of carbonyl (C=O) groups excluding carboxylic acids is 1. The van der Waals surface area contributed by atoms with Crippen molar-refractivity contribution in [2.75, 3.05) is 12.3 Å². The summed E-state index contributed by atoms with van der Waals surface area (Å²) in [7, 11) is 0. The first kappa shape index (κ1) is 26.2. The van der Waals surface area contributed by atoms with E-state index in [1.54, 1.807) is 0 Å². The van der Waals surface area contributed by atoms with Gasteiger partial charge in [0, 0.05) is 6.92 Å². The van der Waals surface area contributed by atoms with Crippen LogP contribution in [0.3, 0.4) is 0 Å². The zero-order chi connectivity index (χ0) is 27.4. The first-order chi connectivity index (χ1) is 18.9. The lowest BCUT2D eigenvalue weighted by atomic mass is 9.96. The molecular weight excluding hydrogens is 505 g/mol. The van der Waals surface area contributed by atoms with Crippen molar-refractivity contribution in [2.24, 2.45) is 0 Å². The summed E-state index contributed by atoms with van der Waals surface area (Å²) in [6.45, 7) is 1.57. The standard InChI is InChI=1S/C28H26FN5O5/c1-3-28(16-36-14-19-10-6-4-7-11-19)23(37-15-20-12-8-5-9-13-20)22(38-18(2)35)26(39-28)34-17-31-21-24(30)32-27(29)33-25(21)34/h1,4-13,17,22-23,26H,14-16H2,2H3,(H2,30,32,33)/t22?,23?,26?,28-/m1/s1. The number of rotatable bonds is 9. The van der Waals surface area contributed by atoms with E-state index >= 15 is 0 Å². The van der Waals surface area contributed by atoms with E-state index in [4.69, 9.17) is 31.1 Å². The summed E-state index contributed by atoms with van der Waals surface area (Å²) >= 11 is 0. The lowest BCUT2D eigenvalue weighted by Gasteiger charge is -2.30. The molecule has 5 rings (SSSR count). The average Bonchev–Trinajstić information content (AvgIpc) is 3.48. The quantitative estimate of drug-likeness (QED) is 0.197. The summed E-state index contributed by atoms with van der Waals surface area (Å²) in [4.78, 5) is 23.8. The van der Waals surface area contributed by atoms with Gasteiger partial charge in [-0.15, -0.1) is 6.42 Å². The number of nitrogen functional groups attached to an aromatic ring is 1. The average molecular weight is 532 g/mol. The van der Waals surface area contributed by atoms with E-state index < -0.39 is 36.1 Å². The molecule has 11 heteroatoms. The highest BCUT2D eigenvalue weighted by molar-refractivity contribution is 5.81. The van der Waals surface area contributed by atoms with Crippen molar-refractivity contribution < 1.29 is 28.1 Å². The van der Waals surface area contributed by atoms with Crippen molar-refractivity contribution in [3.05, 3.63) is 84.2 Å². The number of hydrogen-bond donors (Lipinski definition) is 1. The van der Waals surface area contributed by atoms with Crippen molar-refractivity contribution >= 4 is 23.0 Å². The van der Waals surface area contributed by atoms with Crippen LogP contribution in [0.15, 0.2) is 67.0 Å². The maximum Gasteiger partial charge on any atom is 0.312 e. The third-order valence-corrected chi connectivity index (χ3v) is 6.31. The Morgan fingerprint density at radius 1 is 1.13 bits per heavy atom. The van der Waals surface area contributed by atoms with Gasteiger partial charge in [-0.25, -0.2) is 4.98 Å². The smallest absolute Gasteiger partial charge is 0.312 e. The summed E-state index contributed by atoms with van der Waals surface area (Å²) in [6.07, 6.45) is 3.23. The Morgan fingerprint density at radius 2 is 1.79 bits per heavy atom. The van der Waals surface area contributed by atoms with E-state index in [9.17, 15) is 9.18 Å².